The Morgan fingerprint density at radius 1 is 1.12 bits per heavy atom. The number of rotatable bonds is 4. The molecule has 0 radical (unpaired) electrons. The van der Waals surface area contributed by atoms with Gasteiger partial charge in [-0.15, -0.1) is 5.10 Å². The summed E-state index contributed by atoms with van der Waals surface area (Å²) in [6.45, 7) is 1.14. The van der Waals surface area contributed by atoms with Crippen molar-refractivity contribution in [2.45, 2.75) is 19.3 Å². The number of benzene rings is 1. The molecule has 1 fully saturated rings. The zero-order chi connectivity index (χ0) is 17.9. The number of carbonyl (C=O) groups excluding carboxylic acids is 2. The van der Waals surface area contributed by atoms with Gasteiger partial charge in [-0.25, -0.2) is 0 Å². The normalized spacial score (nSPS) is 17.4. The zero-order valence-electron chi connectivity index (χ0n) is 14.3. The van der Waals surface area contributed by atoms with E-state index in [0.717, 1.165) is 18.4 Å². The average molecular weight is 349 g/mol. The molecule has 4 rings (SSSR count). The van der Waals surface area contributed by atoms with E-state index >= 15 is 0 Å². The fraction of sp³-hybridized carbons (Fsp3) is 0.316. The van der Waals surface area contributed by atoms with Gasteiger partial charge in [0.15, 0.2) is 5.65 Å². The van der Waals surface area contributed by atoms with Crippen LogP contribution in [-0.4, -0.2) is 49.7 Å². The molecule has 1 aliphatic rings. The highest BCUT2D eigenvalue weighted by atomic mass is 16.2. The maximum atomic E-state index is 12.8. The Morgan fingerprint density at radius 2 is 1.96 bits per heavy atom. The van der Waals surface area contributed by atoms with E-state index in [2.05, 4.69) is 15.5 Å². The summed E-state index contributed by atoms with van der Waals surface area (Å²) >= 11 is 0. The number of fused-ring (bicyclic) bond motifs is 1. The fourth-order valence-corrected chi connectivity index (χ4v) is 3.42. The zero-order valence-corrected chi connectivity index (χ0v) is 14.3. The summed E-state index contributed by atoms with van der Waals surface area (Å²) in [7, 11) is 0. The maximum absolute atomic E-state index is 12.8. The summed E-state index contributed by atoms with van der Waals surface area (Å²) in [5.74, 6) is 0.00825. The van der Waals surface area contributed by atoms with Crippen molar-refractivity contribution < 1.29 is 9.59 Å². The lowest BCUT2D eigenvalue weighted by atomic mass is 9.90. The van der Waals surface area contributed by atoms with Gasteiger partial charge in [0.2, 0.25) is 0 Å². The molecule has 1 aromatic carbocycles. The molecular weight excluding hydrogens is 330 g/mol. The van der Waals surface area contributed by atoms with Gasteiger partial charge in [-0.05, 0) is 41.0 Å². The number of Topliss-reactive ketones (excluding diaryl/α,β-unsaturated/α-hetero) is 1. The van der Waals surface area contributed by atoms with E-state index in [1.54, 1.807) is 23.2 Å². The summed E-state index contributed by atoms with van der Waals surface area (Å²) in [4.78, 5) is 27.2. The molecule has 3 aromatic rings. The predicted octanol–water partition coefficient (Wildman–Crippen LogP) is 1.79. The molecule has 2 aromatic heterocycles. The molecule has 0 spiro atoms. The number of amides is 1. The fourth-order valence-electron chi connectivity index (χ4n) is 3.42. The minimum absolute atomic E-state index is 0.0837. The molecule has 1 saturated heterocycles. The molecule has 132 valence electrons. The Hall–Kier alpha value is -3.09. The summed E-state index contributed by atoms with van der Waals surface area (Å²) in [6, 6.07) is 13.2. The number of carbonyl (C=O) groups is 2. The second kappa shape index (κ2) is 7.03. The number of hydrogen-bond acceptors (Lipinski definition) is 5. The number of nitrogens with zero attached hydrogens (tertiary/aromatic N) is 5. The molecule has 0 saturated carbocycles. The number of tetrazole rings is 1. The number of aromatic nitrogens is 4. The first-order chi connectivity index (χ1) is 12.7. The molecule has 1 aliphatic heterocycles. The maximum Gasteiger partial charge on any atom is 0.255 e. The van der Waals surface area contributed by atoms with E-state index in [-0.39, 0.29) is 17.6 Å². The van der Waals surface area contributed by atoms with Crippen molar-refractivity contribution in [2.75, 3.05) is 13.1 Å². The topological polar surface area (TPSA) is 80.5 Å². The van der Waals surface area contributed by atoms with E-state index in [1.807, 2.05) is 30.3 Å². The van der Waals surface area contributed by atoms with Crippen LogP contribution >= 0.6 is 0 Å². The van der Waals surface area contributed by atoms with Gasteiger partial charge in [0.1, 0.15) is 5.78 Å². The van der Waals surface area contributed by atoms with Gasteiger partial charge in [0.25, 0.3) is 5.91 Å². The number of pyridine rings is 1. The highest BCUT2D eigenvalue weighted by molar-refractivity contribution is 5.95. The molecule has 0 aliphatic carbocycles. The molecule has 7 nitrogen and oxygen atoms in total. The van der Waals surface area contributed by atoms with Crippen molar-refractivity contribution in [3.8, 4) is 0 Å². The monoisotopic (exact) mass is 349 g/mol. The van der Waals surface area contributed by atoms with Crippen LogP contribution in [-0.2, 0) is 11.2 Å². The summed E-state index contributed by atoms with van der Waals surface area (Å²) in [6.07, 6.45) is 3.72. The highest BCUT2D eigenvalue weighted by Gasteiger charge is 2.29. The van der Waals surface area contributed by atoms with Crippen LogP contribution in [0, 0.1) is 5.92 Å². The van der Waals surface area contributed by atoms with Crippen molar-refractivity contribution in [3.63, 3.8) is 0 Å². The van der Waals surface area contributed by atoms with E-state index in [4.69, 9.17) is 0 Å². The first-order valence-corrected chi connectivity index (χ1v) is 8.74. The molecule has 1 unspecified atom stereocenters. The molecule has 1 atom stereocenters. The molecule has 7 heteroatoms. The molecular formula is C19H19N5O2. The smallest absolute Gasteiger partial charge is 0.255 e. The van der Waals surface area contributed by atoms with E-state index in [9.17, 15) is 9.59 Å². The Bertz CT molecular complexity index is 937. The van der Waals surface area contributed by atoms with Crippen molar-refractivity contribution in [3.05, 3.63) is 59.8 Å². The third-order valence-corrected chi connectivity index (χ3v) is 4.82. The SMILES string of the molecule is O=C(Cc1ccccc1)C1CCCN(C(=O)c2ccc3nnnn3c2)C1. The van der Waals surface area contributed by atoms with Crippen LogP contribution in [0.3, 0.4) is 0 Å². The quantitative estimate of drug-likeness (QED) is 0.717. The number of piperidine rings is 1. The lowest BCUT2D eigenvalue weighted by Gasteiger charge is -2.32. The van der Waals surface area contributed by atoms with Gasteiger partial charge in [-0.2, -0.15) is 4.52 Å². The van der Waals surface area contributed by atoms with E-state index < -0.39 is 0 Å². The lowest BCUT2D eigenvalue weighted by molar-refractivity contribution is -0.123. The van der Waals surface area contributed by atoms with Crippen LogP contribution in [0.5, 0.6) is 0 Å². The van der Waals surface area contributed by atoms with Crippen LogP contribution in [0.1, 0.15) is 28.8 Å². The largest absolute Gasteiger partial charge is 0.338 e. The Morgan fingerprint density at radius 3 is 2.81 bits per heavy atom. The van der Waals surface area contributed by atoms with Crippen LogP contribution in [0.2, 0.25) is 0 Å². The van der Waals surface area contributed by atoms with Crippen molar-refractivity contribution >= 4 is 17.3 Å². The molecule has 3 heterocycles. The first-order valence-electron chi connectivity index (χ1n) is 8.74. The molecule has 1 amide bonds. The predicted molar refractivity (Wildman–Crippen MR) is 94.6 cm³/mol. The Kier molecular flexibility index (Phi) is 4.43. The Labute approximate surface area is 150 Å². The minimum Gasteiger partial charge on any atom is -0.338 e. The second-order valence-corrected chi connectivity index (χ2v) is 6.62. The summed E-state index contributed by atoms with van der Waals surface area (Å²) in [5, 5.41) is 11.2. The summed E-state index contributed by atoms with van der Waals surface area (Å²) in [5.41, 5.74) is 2.14. The van der Waals surface area contributed by atoms with Crippen molar-refractivity contribution in [1.82, 2.24) is 24.9 Å². The third kappa shape index (κ3) is 3.33. The molecule has 0 N–H and O–H groups in total. The number of hydrogen-bond donors (Lipinski definition) is 0. The standard InChI is InChI=1S/C19H19N5O2/c25-17(11-14-5-2-1-3-6-14)15-7-4-10-23(12-15)19(26)16-8-9-18-20-21-22-24(18)13-16/h1-3,5-6,8-9,13,15H,4,7,10-12H2. The van der Waals surface area contributed by atoms with Gasteiger partial charge >= 0.3 is 0 Å². The van der Waals surface area contributed by atoms with Crippen LogP contribution in [0.15, 0.2) is 48.7 Å². The first kappa shape index (κ1) is 16.4. The van der Waals surface area contributed by atoms with Crippen LogP contribution in [0.25, 0.3) is 5.65 Å². The van der Waals surface area contributed by atoms with Gasteiger partial charge in [-0.3, -0.25) is 9.59 Å². The van der Waals surface area contributed by atoms with E-state index in [0.29, 0.717) is 30.7 Å². The van der Waals surface area contributed by atoms with E-state index in [1.165, 1.54) is 4.52 Å². The Balaban J connectivity index is 1.45. The van der Waals surface area contributed by atoms with Crippen molar-refractivity contribution in [1.29, 1.82) is 0 Å². The molecule has 0 bridgehead atoms. The average Bonchev–Trinajstić information content (AvgIpc) is 3.16. The van der Waals surface area contributed by atoms with Crippen LogP contribution < -0.4 is 0 Å². The molecule has 26 heavy (non-hydrogen) atoms. The van der Waals surface area contributed by atoms with Gasteiger partial charge < -0.3 is 4.90 Å². The lowest BCUT2D eigenvalue weighted by Crippen LogP contribution is -2.42. The number of likely N-dealkylation sites (tertiary alicyclic amines) is 1. The van der Waals surface area contributed by atoms with Gasteiger partial charge in [0, 0.05) is 31.6 Å². The summed E-state index contributed by atoms with van der Waals surface area (Å²) < 4.78 is 1.48. The van der Waals surface area contributed by atoms with Crippen LogP contribution in [0.4, 0.5) is 0 Å². The van der Waals surface area contributed by atoms with Gasteiger partial charge in [0.05, 0.1) is 5.56 Å². The van der Waals surface area contributed by atoms with Crippen molar-refractivity contribution in [2.24, 2.45) is 5.92 Å². The second-order valence-electron chi connectivity index (χ2n) is 6.62. The number of ketones is 1. The minimum atomic E-state index is -0.107. The highest BCUT2D eigenvalue weighted by Crippen LogP contribution is 2.21. The van der Waals surface area contributed by atoms with Gasteiger partial charge in [-0.1, -0.05) is 30.3 Å². The third-order valence-electron chi connectivity index (χ3n) is 4.82.